The van der Waals surface area contributed by atoms with Crippen LogP contribution in [0.3, 0.4) is 0 Å². The lowest BCUT2D eigenvalue weighted by molar-refractivity contribution is -0.149. The summed E-state index contributed by atoms with van der Waals surface area (Å²) in [5.74, 6) is -0.389. The molecule has 1 rings (SSSR count). The Hall–Kier alpha value is -0.280. The van der Waals surface area contributed by atoms with Crippen molar-refractivity contribution in [2.45, 2.75) is 57.7 Å². The van der Waals surface area contributed by atoms with Crippen LogP contribution in [0.2, 0.25) is 0 Å². The average Bonchev–Trinajstić information content (AvgIpc) is 1.97. The predicted molar refractivity (Wildman–Crippen MR) is 61.1 cm³/mol. The lowest BCUT2D eigenvalue weighted by Crippen LogP contribution is -2.59. The highest BCUT2D eigenvalue weighted by Crippen LogP contribution is 2.30. The van der Waals surface area contributed by atoms with Crippen LogP contribution in [0.25, 0.3) is 0 Å². The summed E-state index contributed by atoms with van der Waals surface area (Å²) in [4.78, 5) is 11.1. The first-order valence-corrected chi connectivity index (χ1v) is 5.82. The molecule has 1 heterocycles. The number of esters is 1. The minimum atomic E-state index is -0.324. The van der Waals surface area contributed by atoms with Gasteiger partial charge in [-0.05, 0) is 27.7 Å². The molecule has 0 aromatic rings. The Morgan fingerprint density at radius 1 is 1.33 bits per heavy atom. The zero-order valence-corrected chi connectivity index (χ0v) is 10.6. The number of hydrogen-bond donors (Lipinski definition) is 1. The molecule has 0 aromatic heterocycles. The Kier molecular flexibility index (Phi) is 3.67. The van der Waals surface area contributed by atoms with E-state index in [-0.39, 0.29) is 29.0 Å². The number of halogens is 1. The molecule has 0 unspecified atom stereocenters. The van der Waals surface area contributed by atoms with Gasteiger partial charge >= 0.3 is 5.97 Å². The summed E-state index contributed by atoms with van der Waals surface area (Å²) in [6, 6.07) is 0. The molecule has 1 aliphatic heterocycles. The Bertz CT molecular complexity index is 235. The Labute approximate surface area is 96.5 Å². The Morgan fingerprint density at radius 2 is 1.80 bits per heavy atom. The van der Waals surface area contributed by atoms with Gasteiger partial charge in [0.1, 0.15) is 12.0 Å². The molecule has 0 spiro atoms. The van der Waals surface area contributed by atoms with Crippen molar-refractivity contribution in [1.29, 1.82) is 0 Å². The summed E-state index contributed by atoms with van der Waals surface area (Å²) in [5.41, 5.74) is -0.00197. The third-order valence-electron chi connectivity index (χ3n) is 2.56. The first-order valence-electron chi connectivity index (χ1n) is 5.29. The van der Waals surface area contributed by atoms with Gasteiger partial charge in [-0.25, -0.2) is 0 Å². The standard InChI is InChI=1S/C11H20ClNO2/c1-10(2)5-8(15-9(14)7-12)6-11(3,4)13-10/h8,13H,5-7H2,1-4H3. The number of alkyl halides is 1. The molecular weight excluding hydrogens is 214 g/mol. The van der Waals surface area contributed by atoms with Crippen molar-refractivity contribution in [3.63, 3.8) is 0 Å². The molecule has 0 atom stereocenters. The summed E-state index contributed by atoms with van der Waals surface area (Å²) in [7, 11) is 0. The van der Waals surface area contributed by atoms with E-state index in [9.17, 15) is 4.79 Å². The molecule has 0 amide bonds. The van der Waals surface area contributed by atoms with Crippen LogP contribution in [0.4, 0.5) is 0 Å². The molecule has 15 heavy (non-hydrogen) atoms. The minimum absolute atomic E-state index is 0.000983. The van der Waals surface area contributed by atoms with E-state index in [1.165, 1.54) is 0 Å². The average molecular weight is 234 g/mol. The highest BCUT2D eigenvalue weighted by atomic mass is 35.5. The van der Waals surface area contributed by atoms with Crippen molar-refractivity contribution in [2.75, 3.05) is 5.88 Å². The van der Waals surface area contributed by atoms with Gasteiger partial charge in [0.05, 0.1) is 0 Å². The van der Waals surface area contributed by atoms with Crippen molar-refractivity contribution in [2.24, 2.45) is 0 Å². The number of ether oxygens (including phenoxy) is 1. The van der Waals surface area contributed by atoms with E-state index < -0.39 is 0 Å². The van der Waals surface area contributed by atoms with Gasteiger partial charge in [0.2, 0.25) is 0 Å². The number of nitrogens with one attached hydrogen (secondary N) is 1. The molecule has 0 bridgehead atoms. The Morgan fingerprint density at radius 3 is 2.20 bits per heavy atom. The minimum Gasteiger partial charge on any atom is -0.461 e. The zero-order chi connectivity index (χ0) is 11.7. The van der Waals surface area contributed by atoms with E-state index >= 15 is 0 Å². The molecule has 4 heteroatoms. The Balaban J connectivity index is 2.63. The predicted octanol–water partition coefficient (Wildman–Crippen LogP) is 2.08. The smallest absolute Gasteiger partial charge is 0.321 e. The van der Waals surface area contributed by atoms with Gasteiger partial charge in [0.15, 0.2) is 0 Å². The second-order valence-electron chi connectivity index (χ2n) is 5.55. The fourth-order valence-corrected chi connectivity index (χ4v) is 2.59. The van der Waals surface area contributed by atoms with E-state index in [0.717, 1.165) is 12.8 Å². The lowest BCUT2D eigenvalue weighted by Gasteiger charge is -2.45. The van der Waals surface area contributed by atoms with E-state index in [2.05, 4.69) is 33.0 Å². The monoisotopic (exact) mass is 233 g/mol. The van der Waals surface area contributed by atoms with Crippen LogP contribution in [0.15, 0.2) is 0 Å². The molecule has 1 N–H and O–H groups in total. The molecule has 0 aromatic carbocycles. The van der Waals surface area contributed by atoms with E-state index in [1.807, 2.05) is 0 Å². The van der Waals surface area contributed by atoms with Crippen LogP contribution >= 0.6 is 11.6 Å². The second kappa shape index (κ2) is 4.30. The van der Waals surface area contributed by atoms with Crippen molar-refractivity contribution in [3.05, 3.63) is 0 Å². The zero-order valence-electron chi connectivity index (χ0n) is 9.89. The number of piperidine rings is 1. The first-order chi connectivity index (χ1) is 6.74. The molecule has 3 nitrogen and oxygen atoms in total. The van der Waals surface area contributed by atoms with Crippen LogP contribution in [0.1, 0.15) is 40.5 Å². The third kappa shape index (κ3) is 3.99. The third-order valence-corrected chi connectivity index (χ3v) is 2.78. The molecule has 0 aliphatic carbocycles. The number of rotatable bonds is 2. The van der Waals surface area contributed by atoms with E-state index in [4.69, 9.17) is 16.3 Å². The molecule has 1 fully saturated rings. The topological polar surface area (TPSA) is 38.3 Å². The number of hydrogen-bond acceptors (Lipinski definition) is 3. The summed E-state index contributed by atoms with van der Waals surface area (Å²) in [5, 5.41) is 3.53. The molecular formula is C11H20ClNO2. The van der Waals surface area contributed by atoms with Crippen molar-refractivity contribution < 1.29 is 9.53 Å². The van der Waals surface area contributed by atoms with Crippen LogP contribution in [0.5, 0.6) is 0 Å². The molecule has 1 aliphatic rings. The van der Waals surface area contributed by atoms with Crippen LogP contribution < -0.4 is 5.32 Å². The van der Waals surface area contributed by atoms with Crippen LogP contribution in [-0.4, -0.2) is 29.0 Å². The van der Waals surface area contributed by atoms with Gasteiger partial charge in [0, 0.05) is 23.9 Å². The van der Waals surface area contributed by atoms with Crippen LogP contribution in [-0.2, 0) is 9.53 Å². The maximum atomic E-state index is 11.1. The maximum Gasteiger partial charge on any atom is 0.321 e. The quantitative estimate of drug-likeness (QED) is 0.586. The second-order valence-corrected chi connectivity index (χ2v) is 5.81. The van der Waals surface area contributed by atoms with Gasteiger partial charge in [-0.2, -0.15) is 0 Å². The first kappa shape index (κ1) is 12.8. The van der Waals surface area contributed by atoms with E-state index in [1.54, 1.807) is 0 Å². The normalized spacial score (nSPS) is 24.9. The molecule has 0 saturated carbocycles. The fraction of sp³-hybridized carbons (Fsp3) is 0.909. The van der Waals surface area contributed by atoms with Crippen molar-refractivity contribution in [1.82, 2.24) is 5.32 Å². The highest BCUT2D eigenvalue weighted by Gasteiger charge is 2.39. The van der Waals surface area contributed by atoms with Gasteiger partial charge in [-0.3, -0.25) is 4.79 Å². The van der Waals surface area contributed by atoms with Gasteiger partial charge in [-0.1, -0.05) is 0 Å². The van der Waals surface area contributed by atoms with Crippen LogP contribution in [0, 0.1) is 0 Å². The summed E-state index contributed by atoms with van der Waals surface area (Å²) < 4.78 is 5.30. The van der Waals surface area contributed by atoms with Crippen molar-refractivity contribution >= 4 is 17.6 Å². The SMILES string of the molecule is CC1(C)CC(OC(=O)CCl)CC(C)(C)N1. The highest BCUT2D eigenvalue weighted by molar-refractivity contribution is 6.26. The molecule has 1 saturated heterocycles. The van der Waals surface area contributed by atoms with Gasteiger partial charge in [0.25, 0.3) is 0 Å². The van der Waals surface area contributed by atoms with Crippen molar-refractivity contribution in [3.8, 4) is 0 Å². The fourth-order valence-electron chi connectivity index (χ4n) is 2.53. The van der Waals surface area contributed by atoms with Gasteiger partial charge < -0.3 is 10.1 Å². The summed E-state index contributed by atoms with van der Waals surface area (Å²) >= 11 is 5.42. The molecule has 88 valence electrons. The number of carbonyl (C=O) groups excluding carboxylic acids is 1. The lowest BCUT2D eigenvalue weighted by atomic mass is 9.81. The summed E-state index contributed by atoms with van der Waals surface area (Å²) in [6.07, 6.45) is 1.64. The maximum absolute atomic E-state index is 11.1. The summed E-state index contributed by atoms with van der Waals surface area (Å²) in [6.45, 7) is 8.48. The van der Waals surface area contributed by atoms with Gasteiger partial charge in [-0.15, -0.1) is 11.6 Å². The number of carbonyl (C=O) groups is 1. The largest absolute Gasteiger partial charge is 0.461 e. The molecule has 0 radical (unpaired) electrons. The van der Waals surface area contributed by atoms with E-state index in [0.29, 0.717) is 0 Å².